The Morgan fingerprint density at radius 3 is 2.27 bits per heavy atom. The molecule has 0 fully saturated rings. The summed E-state index contributed by atoms with van der Waals surface area (Å²) in [6.45, 7) is 1.84. The van der Waals surface area contributed by atoms with Gasteiger partial charge in [0.1, 0.15) is 11.6 Å². The Bertz CT molecular complexity index is 699. The van der Waals surface area contributed by atoms with E-state index in [0.717, 1.165) is 5.56 Å². The Morgan fingerprint density at radius 1 is 1.00 bits per heavy atom. The second-order valence-corrected chi connectivity index (χ2v) is 4.62. The third-order valence-corrected chi connectivity index (χ3v) is 3.00. The molecule has 0 aliphatic carbocycles. The number of amides is 2. The van der Waals surface area contributed by atoms with Crippen molar-refractivity contribution >= 4 is 11.8 Å². The second-order valence-electron chi connectivity index (χ2n) is 4.62. The van der Waals surface area contributed by atoms with Crippen LogP contribution in [0.3, 0.4) is 0 Å². The molecule has 0 aliphatic rings. The Balaban J connectivity index is 2.05. The summed E-state index contributed by atoms with van der Waals surface area (Å²) < 4.78 is 17.9. The third kappa shape index (κ3) is 3.60. The summed E-state index contributed by atoms with van der Waals surface area (Å²) in [7, 11) is 1.46. The van der Waals surface area contributed by atoms with Crippen LogP contribution in [0, 0.1) is 12.7 Å². The number of hydrogen-bond donors (Lipinski definition) is 2. The fraction of sp³-hybridized carbons (Fsp3) is 0.125. The lowest BCUT2D eigenvalue weighted by Gasteiger charge is -2.11. The van der Waals surface area contributed by atoms with Gasteiger partial charge in [0.05, 0.1) is 12.7 Å². The zero-order valence-corrected chi connectivity index (χ0v) is 12.1. The van der Waals surface area contributed by atoms with Gasteiger partial charge >= 0.3 is 0 Å². The van der Waals surface area contributed by atoms with Crippen LogP contribution in [0.5, 0.6) is 5.75 Å². The highest BCUT2D eigenvalue weighted by molar-refractivity contribution is 6.00. The second kappa shape index (κ2) is 6.71. The Hall–Kier alpha value is -2.89. The summed E-state index contributed by atoms with van der Waals surface area (Å²) in [5, 5.41) is 0. The molecule has 0 atom stereocenters. The van der Waals surface area contributed by atoms with Crippen molar-refractivity contribution in [3.8, 4) is 5.75 Å². The SMILES string of the molecule is COc1ccc(C)cc1C(=O)NNC(=O)c1ccc(F)cc1. The van der Waals surface area contributed by atoms with Gasteiger partial charge in [-0.05, 0) is 43.3 Å². The predicted molar refractivity (Wildman–Crippen MR) is 79.1 cm³/mol. The third-order valence-electron chi connectivity index (χ3n) is 3.00. The van der Waals surface area contributed by atoms with Crippen molar-refractivity contribution in [1.29, 1.82) is 0 Å². The van der Waals surface area contributed by atoms with Crippen LogP contribution in [0.2, 0.25) is 0 Å². The molecule has 0 saturated carbocycles. The van der Waals surface area contributed by atoms with E-state index < -0.39 is 17.6 Å². The van der Waals surface area contributed by atoms with Crippen LogP contribution >= 0.6 is 0 Å². The molecule has 0 heterocycles. The number of ether oxygens (including phenoxy) is 1. The van der Waals surface area contributed by atoms with Crippen LogP contribution in [0.25, 0.3) is 0 Å². The predicted octanol–water partition coefficient (Wildman–Crippen LogP) is 2.22. The molecule has 2 rings (SSSR count). The van der Waals surface area contributed by atoms with Gasteiger partial charge in [0.15, 0.2) is 0 Å². The first kappa shape index (κ1) is 15.5. The van der Waals surface area contributed by atoms with Crippen molar-refractivity contribution in [3.63, 3.8) is 0 Å². The maximum atomic E-state index is 12.8. The summed E-state index contributed by atoms with van der Waals surface area (Å²) in [5.41, 5.74) is 6.00. The Kier molecular flexibility index (Phi) is 4.73. The molecule has 2 amide bonds. The van der Waals surface area contributed by atoms with Crippen molar-refractivity contribution in [1.82, 2.24) is 10.9 Å². The monoisotopic (exact) mass is 302 g/mol. The molecule has 0 saturated heterocycles. The van der Waals surface area contributed by atoms with E-state index in [4.69, 9.17) is 4.74 Å². The molecule has 0 bridgehead atoms. The molecule has 2 aromatic carbocycles. The molecule has 22 heavy (non-hydrogen) atoms. The number of methoxy groups -OCH3 is 1. The Labute approximate surface area is 127 Å². The molecular formula is C16H15FN2O3. The minimum atomic E-state index is -0.542. The van der Waals surface area contributed by atoms with E-state index in [1.165, 1.54) is 31.4 Å². The fourth-order valence-corrected chi connectivity index (χ4v) is 1.85. The molecular weight excluding hydrogens is 287 g/mol. The number of halogens is 1. The molecule has 114 valence electrons. The zero-order valence-electron chi connectivity index (χ0n) is 12.1. The van der Waals surface area contributed by atoms with E-state index in [1.807, 2.05) is 13.0 Å². The lowest BCUT2D eigenvalue weighted by Crippen LogP contribution is -2.41. The normalized spacial score (nSPS) is 9.95. The highest BCUT2D eigenvalue weighted by Crippen LogP contribution is 2.19. The van der Waals surface area contributed by atoms with Crippen LogP contribution in [-0.4, -0.2) is 18.9 Å². The van der Waals surface area contributed by atoms with E-state index in [0.29, 0.717) is 11.3 Å². The van der Waals surface area contributed by atoms with Crippen molar-refractivity contribution in [3.05, 3.63) is 65.0 Å². The number of carbonyl (C=O) groups excluding carboxylic acids is 2. The van der Waals surface area contributed by atoms with E-state index in [1.54, 1.807) is 12.1 Å². The average molecular weight is 302 g/mol. The maximum Gasteiger partial charge on any atom is 0.273 e. The van der Waals surface area contributed by atoms with Gasteiger partial charge in [-0.3, -0.25) is 20.4 Å². The highest BCUT2D eigenvalue weighted by Gasteiger charge is 2.13. The van der Waals surface area contributed by atoms with E-state index in [-0.39, 0.29) is 5.56 Å². The van der Waals surface area contributed by atoms with Crippen molar-refractivity contribution in [2.75, 3.05) is 7.11 Å². The first-order valence-electron chi connectivity index (χ1n) is 6.52. The van der Waals surface area contributed by atoms with Crippen LogP contribution in [0.1, 0.15) is 26.3 Å². The number of nitrogens with one attached hydrogen (secondary N) is 2. The van der Waals surface area contributed by atoms with Gasteiger partial charge in [-0.2, -0.15) is 0 Å². The smallest absolute Gasteiger partial charge is 0.273 e. The van der Waals surface area contributed by atoms with E-state index >= 15 is 0 Å². The summed E-state index contributed by atoms with van der Waals surface area (Å²) in [5.74, 6) is -1.08. The minimum absolute atomic E-state index is 0.234. The van der Waals surface area contributed by atoms with Gasteiger partial charge in [0.2, 0.25) is 0 Å². The number of hydrogen-bond acceptors (Lipinski definition) is 3. The fourth-order valence-electron chi connectivity index (χ4n) is 1.85. The van der Waals surface area contributed by atoms with Crippen LogP contribution in [-0.2, 0) is 0 Å². The van der Waals surface area contributed by atoms with Crippen LogP contribution < -0.4 is 15.6 Å². The van der Waals surface area contributed by atoms with E-state index in [9.17, 15) is 14.0 Å². The molecule has 6 heteroatoms. The lowest BCUT2D eigenvalue weighted by molar-refractivity contribution is 0.0845. The van der Waals surface area contributed by atoms with E-state index in [2.05, 4.69) is 10.9 Å². The summed E-state index contributed by atoms with van der Waals surface area (Å²) >= 11 is 0. The van der Waals surface area contributed by atoms with Crippen molar-refractivity contribution in [2.24, 2.45) is 0 Å². The number of carbonyl (C=O) groups is 2. The number of aryl methyl sites for hydroxylation is 1. The van der Waals surface area contributed by atoms with Crippen LogP contribution in [0.15, 0.2) is 42.5 Å². The minimum Gasteiger partial charge on any atom is -0.496 e. The number of benzene rings is 2. The summed E-state index contributed by atoms with van der Waals surface area (Å²) in [6, 6.07) is 10.1. The molecule has 0 aliphatic heterocycles. The Morgan fingerprint density at radius 2 is 1.64 bits per heavy atom. The first-order chi connectivity index (χ1) is 10.5. The largest absolute Gasteiger partial charge is 0.496 e. The quantitative estimate of drug-likeness (QED) is 0.854. The average Bonchev–Trinajstić information content (AvgIpc) is 2.53. The molecule has 0 spiro atoms. The molecule has 0 radical (unpaired) electrons. The molecule has 0 unspecified atom stereocenters. The van der Waals surface area contributed by atoms with Crippen LogP contribution in [0.4, 0.5) is 4.39 Å². The van der Waals surface area contributed by atoms with Gasteiger partial charge in [-0.1, -0.05) is 11.6 Å². The maximum absolute atomic E-state index is 12.8. The van der Waals surface area contributed by atoms with Crippen molar-refractivity contribution in [2.45, 2.75) is 6.92 Å². The van der Waals surface area contributed by atoms with Gasteiger partial charge in [-0.25, -0.2) is 4.39 Å². The number of rotatable bonds is 3. The highest BCUT2D eigenvalue weighted by atomic mass is 19.1. The lowest BCUT2D eigenvalue weighted by atomic mass is 10.1. The van der Waals surface area contributed by atoms with Gasteiger partial charge in [0, 0.05) is 5.56 Å². The summed E-state index contributed by atoms with van der Waals surface area (Å²) in [4.78, 5) is 23.9. The topological polar surface area (TPSA) is 67.4 Å². The van der Waals surface area contributed by atoms with Crippen molar-refractivity contribution < 1.29 is 18.7 Å². The zero-order chi connectivity index (χ0) is 16.1. The van der Waals surface area contributed by atoms with Gasteiger partial charge < -0.3 is 4.74 Å². The number of hydrazine groups is 1. The van der Waals surface area contributed by atoms with Gasteiger partial charge in [0.25, 0.3) is 11.8 Å². The molecule has 5 nitrogen and oxygen atoms in total. The molecule has 0 aromatic heterocycles. The molecule has 2 aromatic rings. The summed E-state index contributed by atoms with van der Waals surface area (Å²) in [6.07, 6.45) is 0. The molecule has 2 N–H and O–H groups in total. The standard InChI is InChI=1S/C16H15FN2O3/c1-10-3-8-14(22-2)13(9-10)16(21)19-18-15(20)11-4-6-12(17)7-5-11/h3-9H,1-2H3,(H,18,20)(H,19,21). The first-order valence-corrected chi connectivity index (χ1v) is 6.52. The van der Waals surface area contributed by atoms with Gasteiger partial charge in [-0.15, -0.1) is 0 Å².